The van der Waals surface area contributed by atoms with Crippen LogP contribution in [0.5, 0.6) is 0 Å². The Morgan fingerprint density at radius 2 is 2.40 bits per heavy atom. The molecule has 1 atom stereocenters. The number of aromatic nitrogens is 3. The van der Waals surface area contributed by atoms with E-state index in [1.165, 1.54) is 11.3 Å². The third-order valence-corrected chi connectivity index (χ3v) is 4.32. The van der Waals surface area contributed by atoms with Gasteiger partial charge in [-0.1, -0.05) is 0 Å². The maximum absolute atomic E-state index is 12.2. The lowest BCUT2D eigenvalue weighted by Crippen LogP contribution is -2.11. The molecule has 0 aromatic carbocycles. The number of hydrogen-bond donors (Lipinski definition) is 1. The molecule has 2 aromatic heterocycles. The largest absolute Gasteiger partial charge is 0.379 e. The Hall–Kier alpha value is -1.73. The number of carbonyl (C=O) groups is 1. The number of ether oxygens (including phenoxy) is 1. The second-order valence-corrected chi connectivity index (χ2v) is 6.03. The van der Waals surface area contributed by atoms with Gasteiger partial charge in [-0.3, -0.25) is 9.48 Å². The summed E-state index contributed by atoms with van der Waals surface area (Å²) < 4.78 is 7.19. The summed E-state index contributed by atoms with van der Waals surface area (Å²) in [6.45, 7) is 5.19. The van der Waals surface area contributed by atoms with Gasteiger partial charge in [0.05, 0.1) is 35.2 Å². The summed E-state index contributed by atoms with van der Waals surface area (Å²) in [4.78, 5) is 17.1. The predicted molar refractivity (Wildman–Crippen MR) is 76.2 cm³/mol. The van der Waals surface area contributed by atoms with E-state index in [1.54, 1.807) is 6.20 Å². The summed E-state index contributed by atoms with van der Waals surface area (Å²) in [6.07, 6.45) is 4.47. The number of amides is 1. The van der Waals surface area contributed by atoms with E-state index < -0.39 is 0 Å². The van der Waals surface area contributed by atoms with Gasteiger partial charge in [-0.2, -0.15) is 5.10 Å². The van der Waals surface area contributed by atoms with Crippen molar-refractivity contribution < 1.29 is 9.53 Å². The zero-order chi connectivity index (χ0) is 14.1. The van der Waals surface area contributed by atoms with Gasteiger partial charge in [0, 0.05) is 12.8 Å². The fraction of sp³-hybridized carbons (Fsp3) is 0.462. The zero-order valence-electron chi connectivity index (χ0n) is 11.4. The highest BCUT2D eigenvalue weighted by Crippen LogP contribution is 2.21. The molecule has 1 N–H and O–H groups in total. The Morgan fingerprint density at radius 3 is 3.05 bits per heavy atom. The minimum Gasteiger partial charge on any atom is -0.379 e. The highest BCUT2D eigenvalue weighted by molar-refractivity contribution is 7.13. The molecule has 1 saturated heterocycles. The van der Waals surface area contributed by atoms with Crippen molar-refractivity contribution >= 4 is 22.9 Å². The maximum Gasteiger partial charge on any atom is 0.267 e. The van der Waals surface area contributed by atoms with E-state index in [4.69, 9.17) is 4.74 Å². The second-order valence-electron chi connectivity index (χ2n) is 4.83. The molecule has 0 spiro atoms. The highest BCUT2D eigenvalue weighted by Gasteiger charge is 2.19. The molecule has 20 heavy (non-hydrogen) atoms. The molecule has 2 aromatic rings. The van der Waals surface area contributed by atoms with Gasteiger partial charge in [-0.15, -0.1) is 11.3 Å². The van der Waals surface area contributed by atoms with Crippen LogP contribution in [0.25, 0.3) is 0 Å². The summed E-state index contributed by atoms with van der Waals surface area (Å²) in [5.41, 5.74) is 1.47. The third kappa shape index (κ3) is 2.59. The van der Waals surface area contributed by atoms with Crippen LogP contribution in [0.1, 0.15) is 32.8 Å². The quantitative estimate of drug-likeness (QED) is 0.941. The fourth-order valence-electron chi connectivity index (χ4n) is 2.26. The molecule has 0 saturated carbocycles. The normalized spacial score (nSPS) is 18.4. The molecule has 7 heteroatoms. The lowest BCUT2D eigenvalue weighted by molar-refractivity contribution is 0.103. The fourth-order valence-corrected chi connectivity index (χ4v) is 3.08. The second kappa shape index (κ2) is 5.34. The van der Waals surface area contributed by atoms with Crippen molar-refractivity contribution in [2.45, 2.75) is 26.3 Å². The molecule has 106 valence electrons. The molecule has 0 radical (unpaired) electrons. The number of thiazole rings is 1. The average molecular weight is 292 g/mol. The van der Waals surface area contributed by atoms with Crippen molar-refractivity contribution in [2.75, 3.05) is 18.5 Å². The monoisotopic (exact) mass is 292 g/mol. The minimum atomic E-state index is -0.129. The van der Waals surface area contributed by atoms with Crippen molar-refractivity contribution in [1.29, 1.82) is 0 Å². The summed E-state index contributed by atoms with van der Waals surface area (Å²) in [7, 11) is 0. The molecule has 0 unspecified atom stereocenters. The van der Waals surface area contributed by atoms with Gasteiger partial charge in [0.1, 0.15) is 4.88 Å². The lowest BCUT2D eigenvalue weighted by Gasteiger charge is -2.06. The molecular formula is C13H16N4O2S. The smallest absolute Gasteiger partial charge is 0.267 e. The summed E-state index contributed by atoms with van der Waals surface area (Å²) in [5, 5.41) is 8.04. The number of anilines is 1. The molecule has 1 amide bonds. The Morgan fingerprint density at radius 1 is 1.55 bits per heavy atom. The molecule has 6 nitrogen and oxygen atoms in total. The van der Waals surface area contributed by atoms with E-state index in [-0.39, 0.29) is 11.9 Å². The Balaban J connectivity index is 1.71. The highest BCUT2D eigenvalue weighted by atomic mass is 32.1. The molecular weight excluding hydrogens is 276 g/mol. The van der Waals surface area contributed by atoms with Crippen molar-refractivity contribution in [3.8, 4) is 0 Å². The van der Waals surface area contributed by atoms with E-state index in [1.807, 2.05) is 24.7 Å². The van der Waals surface area contributed by atoms with Crippen LogP contribution in [0.15, 0.2) is 12.4 Å². The predicted octanol–water partition coefficient (Wildman–Crippen LogP) is 2.17. The minimum absolute atomic E-state index is 0.129. The Kier molecular flexibility index (Phi) is 3.54. The molecule has 3 heterocycles. The van der Waals surface area contributed by atoms with Crippen LogP contribution in [0.4, 0.5) is 5.69 Å². The first-order valence-electron chi connectivity index (χ1n) is 6.51. The zero-order valence-corrected chi connectivity index (χ0v) is 12.2. The summed E-state index contributed by atoms with van der Waals surface area (Å²) in [5.74, 6) is -0.129. The third-order valence-electron chi connectivity index (χ3n) is 3.25. The van der Waals surface area contributed by atoms with Gasteiger partial charge in [0.15, 0.2) is 0 Å². The number of nitrogens with one attached hydrogen (secondary N) is 1. The van der Waals surface area contributed by atoms with Crippen LogP contribution in [-0.4, -0.2) is 33.9 Å². The van der Waals surface area contributed by atoms with Crippen molar-refractivity contribution in [3.05, 3.63) is 28.0 Å². The average Bonchev–Trinajstić information content (AvgIpc) is 3.09. The summed E-state index contributed by atoms with van der Waals surface area (Å²) >= 11 is 1.40. The summed E-state index contributed by atoms with van der Waals surface area (Å²) in [6, 6.07) is 0.271. The number of nitrogens with zero attached hydrogens (tertiary/aromatic N) is 3. The molecule has 1 fully saturated rings. The number of aryl methyl sites for hydroxylation is 2. The molecule has 3 rings (SSSR count). The molecule has 1 aliphatic rings. The van der Waals surface area contributed by atoms with Crippen LogP contribution < -0.4 is 5.32 Å². The molecule has 1 aliphatic heterocycles. The van der Waals surface area contributed by atoms with Gasteiger partial charge >= 0.3 is 0 Å². The number of hydrogen-bond acceptors (Lipinski definition) is 5. The first kappa shape index (κ1) is 13.3. The van der Waals surface area contributed by atoms with Crippen LogP contribution in [0, 0.1) is 13.8 Å². The molecule has 0 aliphatic carbocycles. The van der Waals surface area contributed by atoms with Crippen LogP contribution in [0.3, 0.4) is 0 Å². The van der Waals surface area contributed by atoms with Gasteiger partial charge in [0.2, 0.25) is 0 Å². The van der Waals surface area contributed by atoms with Crippen molar-refractivity contribution in [1.82, 2.24) is 14.8 Å². The topological polar surface area (TPSA) is 69.0 Å². The van der Waals surface area contributed by atoms with E-state index in [0.717, 1.165) is 23.7 Å². The van der Waals surface area contributed by atoms with E-state index in [2.05, 4.69) is 15.4 Å². The van der Waals surface area contributed by atoms with Gasteiger partial charge < -0.3 is 10.1 Å². The first-order chi connectivity index (χ1) is 9.63. The van der Waals surface area contributed by atoms with Gasteiger partial charge in [0.25, 0.3) is 5.91 Å². The Bertz CT molecular complexity index is 628. The van der Waals surface area contributed by atoms with E-state index in [9.17, 15) is 4.79 Å². The van der Waals surface area contributed by atoms with Gasteiger partial charge in [-0.25, -0.2) is 4.98 Å². The number of rotatable bonds is 3. The van der Waals surface area contributed by atoms with E-state index >= 15 is 0 Å². The maximum atomic E-state index is 12.2. The number of carbonyl (C=O) groups excluding carboxylic acids is 1. The first-order valence-corrected chi connectivity index (χ1v) is 7.32. The van der Waals surface area contributed by atoms with Crippen LogP contribution in [0.2, 0.25) is 0 Å². The molecule has 0 bridgehead atoms. The van der Waals surface area contributed by atoms with Gasteiger partial charge in [-0.05, 0) is 20.3 Å². The van der Waals surface area contributed by atoms with Crippen molar-refractivity contribution in [2.24, 2.45) is 0 Å². The van der Waals surface area contributed by atoms with Crippen LogP contribution in [-0.2, 0) is 4.74 Å². The Labute approximate surface area is 120 Å². The SMILES string of the molecule is Cc1nc(C)c(C(=O)Nc2cnn([C@H]3CCOC3)c2)s1. The standard InChI is InChI=1S/C13H16N4O2S/c1-8-12(20-9(2)15-8)13(18)16-10-5-14-17(6-10)11-3-4-19-7-11/h5-6,11H,3-4,7H2,1-2H3,(H,16,18)/t11-/m0/s1. The van der Waals surface area contributed by atoms with Crippen LogP contribution >= 0.6 is 11.3 Å². The van der Waals surface area contributed by atoms with Crippen molar-refractivity contribution in [3.63, 3.8) is 0 Å². The lowest BCUT2D eigenvalue weighted by atomic mass is 10.3. The van der Waals surface area contributed by atoms with E-state index in [0.29, 0.717) is 17.2 Å².